The van der Waals surface area contributed by atoms with Gasteiger partial charge in [0.2, 0.25) is 0 Å². The summed E-state index contributed by atoms with van der Waals surface area (Å²) in [6.45, 7) is 1.75. The van der Waals surface area contributed by atoms with E-state index < -0.39 is 6.09 Å². The van der Waals surface area contributed by atoms with Gasteiger partial charge in [0.25, 0.3) is 0 Å². The van der Waals surface area contributed by atoms with Crippen LogP contribution >= 0.6 is 11.3 Å². The molecule has 0 aromatic carbocycles. The van der Waals surface area contributed by atoms with E-state index in [4.69, 9.17) is 5.84 Å². The Morgan fingerprint density at radius 2 is 2.54 bits per heavy atom. The van der Waals surface area contributed by atoms with Crippen LogP contribution in [0.4, 0.5) is 4.79 Å². The number of nitrogens with two attached hydrogens (primary N) is 1. The molecule has 0 unspecified atom stereocenters. The monoisotopic (exact) mass is 199 g/mol. The highest BCUT2D eigenvalue weighted by molar-refractivity contribution is 7.12. The summed E-state index contributed by atoms with van der Waals surface area (Å²) < 4.78 is 0. The van der Waals surface area contributed by atoms with Crippen molar-refractivity contribution >= 4 is 23.1 Å². The molecule has 70 valence electrons. The van der Waals surface area contributed by atoms with Crippen molar-refractivity contribution in [3.05, 3.63) is 22.4 Å². The lowest BCUT2D eigenvalue weighted by atomic mass is 10.3. The van der Waals surface area contributed by atoms with Gasteiger partial charge in [-0.25, -0.2) is 10.6 Å². The fraction of sp³-hybridized carbons (Fsp3) is 0.143. The molecule has 1 rings (SSSR count). The fourth-order valence-corrected chi connectivity index (χ4v) is 1.33. The lowest BCUT2D eigenvalue weighted by Gasteiger charge is -1.96. The number of nitrogens with zero attached hydrogens (tertiary/aromatic N) is 1. The molecule has 1 aromatic heterocycles. The van der Waals surface area contributed by atoms with E-state index in [2.05, 4.69) is 9.99 Å². The Hall–Kier alpha value is -1.40. The van der Waals surface area contributed by atoms with Gasteiger partial charge in [0.05, 0.1) is 10.6 Å². The van der Waals surface area contributed by atoms with Gasteiger partial charge < -0.3 is 0 Å². The normalized spacial score (nSPS) is 11.1. The molecule has 0 saturated carbocycles. The van der Waals surface area contributed by atoms with Crippen LogP contribution in [0, 0.1) is 0 Å². The first-order valence-corrected chi connectivity index (χ1v) is 4.38. The Labute approximate surface area is 79.2 Å². The van der Waals surface area contributed by atoms with Gasteiger partial charge in [-0.15, -0.1) is 11.3 Å². The molecule has 3 N–H and O–H groups in total. The average molecular weight is 199 g/mol. The Balaban J connectivity index is 2.57. The molecule has 0 saturated heterocycles. The molecule has 0 spiro atoms. The summed E-state index contributed by atoms with van der Waals surface area (Å²) in [7, 11) is 0. The first-order valence-electron chi connectivity index (χ1n) is 3.50. The van der Waals surface area contributed by atoms with E-state index >= 15 is 0 Å². The maximum absolute atomic E-state index is 10.5. The van der Waals surface area contributed by atoms with Gasteiger partial charge in [0.1, 0.15) is 0 Å². The zero-order valence-electron chi connectivity index (χ0n) is 6.98. The molecule has 0 aliphatic carbocycles. The summed E-state index contributed by atoms with van der Waals surface area (Å²) in [5.41, 5.74) is 2.44. The number of oxime groups is 1. The van der Waals surface area contributed by atoms with Crippen molar-refractivity contribution in [2.75, 3.05) is 0 Å². The quantitative estimate of drug-likeness (QED) is 0.246. The second kappa shape index (κ2) is 4.58. The van der Waals surface area contributed by atoms with Gasteiger partial charge in [-0.2, -0.15) is 0 Å². The molecule has 5 nitrogen and oxygen atoms in total. The summed E-state index contributed by atoms with van der Waals surface area (Å²) in [5.74, 6) is 4.79. The lowest BCUT2D eigenvalue weighted by molar-refractivity contribution is 0.151. The third-order valence-electron chi connectivity index (χ3n) is 1.26. The van der Waals surface area contributed by atoms with Crippen LogP contribution in [-0.2, 0) is 4.84 Å². The maximum Gasteiger partial charge on any atom is 0.447 e. The molecule has 13 heavy (non-hydrogen) atoms. The van der Waals surface area contributed by atoms with Gasteiger partial charge in [0, 0.05) is 0 Å². The number of carbonyl (C=O) groups excluding carboxylic acids is 1. The molecule has 0 aliphatic rings. The lowest BCUT2D eigenvalue weighted by Crippen LogP contribution is -2.29. The van der Waals surface area contributed by atoms with Crippen molar-refractivity contribution in [2.45, 2.75) is 6.92 Å². The zero-order valence-corrected chi connectivity index (χ0v) is 7.80. The first-order chi connectivity index (χ1) is 6.24. The third-order valence-corrected chi connectivity index (χ3v) is 2.24. The average Bonchev–Trinajstić information content (AvgIpc) is 2.66. The predicted molar refractivity (Wildman–Crippen MR) is 50.3 cm³/mol. The van der Waals surface area contributed by atoms with Crippen LogP contribution in [0.2, 0.25) is 0 Å². The van der Waals surface area contributed by atoms with E-state index in [0.717, 1.165) is 4.88 Å². The number of hydrazine groups is 1. The summed E-state index contributed by atoms with van der Waals surface area (Å²) in [4.78, 5) is 15.9. The standard InChI is InChI=1S/C7H9N3O2S/c1-5(6-3-2-4-13-6)10-12-7(11)9-8/h2-4H,8H2,1H3,(H,9,11)/b10-5-. The van der Waals surface area contributed by atoms with E-state index in [1.54, 1.807) is 12.3 Å². The van der Waals surface area contributed by atoms with E-state index in [1.165, 1.54) is 11.3 Å². The van der Waals surface area contributed by atoms with E-state index in [9.17, 15) is 4.79 Å². The van der Waals surface area contributed by atoms with Crippen molar-refractivity contribution in [3.8, 4) is 0 Å². The van der Waals surface area contributed by atoms with Gasteiger partial charge in [-0.3, -0.25) is 10.3 Å². The number of hydrogen-bond acceptors (Lipinski definition) is 5. The summed E-state index contributed by atoms with van der Waals surface area (Å²) in [6, 6.07) is 3.77. The minimum atomic E-state index is -0.782. The van der Waals surface area contributed by atoms with Gasteiger partial charge in [-0.05, 0) is 18.4 Å². The molecular formula is C7H9N3O2S. The summed E-state index contributed by atoms with van der Waals surface area (Å²) in [6.07, 6.45) is -0.782. The highest BCUT2D eigenvalue weighted by Crippen LogP contribution is 2.09. The first kappa shape index (κ1) is 9.69. The largest absolute Gasteiger partial charge is 0.447 e. The highest BCUT2D eigenvalue weighted by Gasteiger charge is 2.00. The second-order valence-corrected chi connectivity index (χ2v) is 3.12. The van der Waals surface area contributed by atoms with Gasteiger partial charge >= 0.3 is 6.09 Å². The van der Waals surface area contributed by atoms with Crippen molar-refractivity contribution in [2.24, 2.45) is 11.0 Å². The van der Waals surface area contributed by atoms with Crippen LogP contribution in [0.3, 0.4) is 0 Å². The van der Waals surface area contributed by atoms with Crippen LogP contribution in [0.1, 0.15) is 11.8 Å². The Bertz CT molecular complexity index is 308. The van der Waals surface area contributed by atoms with Crippen molar-refractivity contribution in [3.63, 3.8) is 0 Å². The number of hydrogen-bond donors (Lipinski definition) is 2. The van der Waals surface area contributed by atoms with Crippen LogP contribution in [0.25, 0.3) is 0 Å². The minimum Gasteiger partial charge on any atom is -0.297 e. The molecule has 0 bridgehead atoms. The highest BCUT2D eigenvalue weighted by atomic mass is 32.1. The number of rotatable bonds is 2. The molecule has 6 heteroatoms. The molecule has 1 aromatic rings. The van der Waals surface area contributed by atoms with E-state index in [-0.39, 0.29) is 0 Å². The number of nitrogens with one attached hydrogen (secondary N) is 1. The molecule has 0 aliphatic heterocycles. The molecule has 0 atom stereocenters. The number of amides is 1. The van der Waals surface area contributed by atoms with E-state index in [1.807, 2.05) is 17.5 Å². The van der Waals surface area contributed by atoms with E-state index in [0.29, 0.717) is 5.71 Å². The topological polar surface area (TPSA) is 76.7 Å². The maximum atomic E-state index is 10.5. The Morgan fingerprint density at radius 1 is 1.77 bits per heavy atom. The summed E-state index contributed by atoms with van der Waals surface area (Å²) in [5, 5.41) is 5.49. The van der Waals surface area contributed by atoms with Crippen LogP contribution in [-0.4, -0.2) is 11.8 Å². The third kappa shape index (κ3) is 2.85. The van der Waals surface area contributed by atoms with Crippen LogP contribution in [0.5, 0.6) is 0 Å². The Kier molecular flexibility index (Phi) is 3.41. The minimum absolute atomic E-state index is 0.638. The number of carbonyl (C=O) groups is 1. The van der Waals surface area contributed by atoms with Crippen LogP contribution in [0.15, 0.2) is 22.7 Å². The second-order valence-electron chi connectivity index (χ2n) is 2.18. The molecule has 0 fully saturated rings. The molecule has 1 amide bonds. The van der Waals surface area contributed by atoms with Gasteiger partial charge in [0.15, 0.2) is 0 Å². The summed E-state index contributed by atoms with van der Waals surface area (Å²) >= 11 is 1.52. The van der Waals surface area contributed by atoms with Gasteiger partial charge in [-0.1, -0.05) is 11.2 Å². The molecule has 1 heterocycles. The van der Waals surface area contributed by atoms with Crippen molar-refractivity contribution in [1.29, 1.82) is 0 Å². The van der Waals surface area contributed by atoms with Crippen molar-refractivity contribution in [1.82, 2.24) is 5.43 Å². The van der Waals surface area contributed by atoms with Crippen LogP contribution < -0.4 is 11.3 Å². The Morgan fingerprint density at radius 3 is 3.08 bits per heavy atom. The SMILES string of the molecule is C/C(=N/OC(=O)NN)c1cccs1. The fourth-order valence-electron chi connectivity index (χ4n) is 0.666. The molecule has 0 radical (unpaired) electrons. The van der Waals surface area contributed by atoms with Crippen molar-refractivity contribution < 1.29 is 9.63 Å². The smallest absolute Gasteiger partial charge is 0.297 e. The number of thiophene rings is 1. The predicted octanol–water partition coefficient (Wildman–Crippen LogP) is 1.07. The molecular weight excluding hydrogens is 190 g/mol. The zero-order chi connectivity index (χ0) is 9.68.